The van der Waals surface area contributed by atoms with Crippen LogP contribution in [-0.4, -0.2) is 16.0 Å². The van der Waals surface area contributed by atoms with Gasteiger partial charge in [0.1, 0.15) is 11.3 Å². The van der Waals surface area contributed by atoms with Crippen molar-refractivity contribution in [3.05, 3.63) is 63.5 Å². The number of nitro groups is 1. The lowest BCUT2D eigenvalue weighted by atomic mass is 10.1. The molecule has 2 aromatic rings. The SMILES string of the molecule is Cc1cc(Oc2c(F)cccc2C(=O)O)ccc1[N+](=O)[O-]. The van der Waals surface area contributed by atoms with Crippen molar-refractivity contribution in [2.75, 3.05) is 0 Å². The van der Waals surface area contributed by atoms with Crippen molar-refractivity contribution in [3.63, 3.8) is 0 Å². The van der Waals surface area contributed by atoms with Gasteiger partial charge in [0.15, 0.2) is 11.6 Å². The van der Waals surface area contributed by atoms with Crippen molar-refractivity contribution in [1.82, 2.24) is 0 Å². The van der Waals surface area contributed by atoms with E-state index in [2.05, 4.69) is 0 Å². The number of para-hydroxylation sites is 1. The van der Waals surface area contributed by atoms with Crippen LogP contribution < -0.4 is 4.74 Å². The molecule has 0 radical (unpaired) electrons. The monoisotopic (exact) mass is 291 g/mol. The highest BCUT2D eigenvalue weighted by molar-refractivity contribution is 5.91. The molecule has 6 nitrogen and oxygen atoms in total. The summed E-state index contributed by atoms with van der Waals surface area (Å²) in [6.07, 6.45) is 0. The zero-order chi connectivity index (χ0) is 15.6. The number of ether oxygens (including phenoxy) is 1. The summed E-state index contributed by atoms with van der Waals surface area (Å²) in [6, 6.07) is 7.37. The van der Waals surface area contributed by atoms with Gasteiger partial charge >= 0.3 is 5.97 Å². The molecule has 0 heterocycles. The third-order valence-electron chi connectivity index (χ3n) is 2.78. The Kier molecular flexibility index (Phi) is 3.84. The smallest absolute Gasteiger partial charge is 0.339 e. The molecule has 0 aliphatic rings. The maximum atomic E-state index is 13.7. The van der Waals surface area contributed by atoms with E-state index >= 15 is 0 Å². The van der Waals surface area contributed by atoms with Crippen molar-refractivity contribution in [2.45, 2.75) is 6.92 Å². The highest BCUT2D eigenvalue weighted by atomic mass is 19.1. The van der Waals surface area contributed by atoms with E-state index in [9.17, 15) is 19.3 Å². The van der Waals surface area contributed by atoms with Crippen LogP contribution >= 0.6 is 0 Å². The molecule has 0 aliphatic heterocycles. The molecule has 0 unspecified atom stereocenters. The summed E-state index contributed by atoms with van der Waals surface area (Å²) in [5.74, 6) is -2.47. The second-order valence-corrected chi connectivity index (χ2v) is 4.23. The van der Waals surface area contributed by atoms with Crippen LogP contribution in [0.25, 0.3) is 0 Å². The van der Waals surface area contributed by atoms with Crippen LogP contribution in [-0.2, 0) is 0 Å². The van der Waals surface area contributed by atoms with E-state index in [4.69, 9.17) is 9.84 Å². The van der Waals surface area contributed by atoms with Crippen LogP contribution in [0.1, 0.15) is 15.9 Å². The van der Waals surface area contributed by atoms with E-state index < -0.39 is 22.5 Å². The number of nitro benzene ring substituents is 1. The normalized spacial score (nSPS) is 10.2. The molecular formula is C14H10FNO5. The van der Waals surface area contributed by atoms with E-state index in [0.717, 1.165) is 6.07 Å². The van der Waals surface area contributed by atoms with E-state index in [1.54, 1.807) is 0 Å². The Hall–Kier alpha value is -2.96. The fourth-order valence-electron chi connectivity index (χ4n) is 1.80. The molecule has 0 aromatic heterocycles. The lowest BCUT2D eigenvalue weighted by molar-refractivity contribution is -0.385. The fraction of sp³-hybridized carbons (Fsp3) is 0.0714. The quantitative estimate of drug-likeness (QED) is 0.687. The second kappa shape index (κ2) is 5.58. The molecule has 0 fully saturated rings. The molecule has 0 bridgehead atoms. The van der Waals surface area contributed by atoms with Crippen molar-refractivity contribution in [2.24, 2.45) is 0 Å². The summed E-state index contributed by atoms with van der Waals surface area (Å²) >= 11 is 0. The van der Waals surface area contributed by atoms with Crippen LogP contribution in [0.5, 0.6) is 11.5 Å². The van der Waals surface area contributed by atoms with Gasteiger partial charge in [-0.25, -0.2) is 9.18 Å². The molecule has 2 aromatic carbocycles. The molecule has 0 atom stereocenters. The van der Waals surface area contributed by atoms with Gasteiger partial charge < -0.3 is 9.84 Å². The number of carboxylic acid groups (broad SMARTS) is 1. The summed E-state index contributed by atoms with van der Waals surface area (Å²) < 4.78 is 18.9. The number of hydrogen-bond acceptors (Lipinski definition) is 4. The summed E-state index contributed by atoms with van der Waals surface area (Å²) in [5.41, 5.74) is -0.105. The van der Waals surface area contributed by atoms with Gasteiger partial charge in [-0.3, -0.25) is 10.1 Å². The highest BCUT2D eigenvalue weighted by Gasteiger charge is 2.18. The van der Waals surface area contributed by atoms with Crippen LogP contribution in [0.3, 0.4) is 0 Å². The summed E-state index contributed by atoms with van der Waals surface area (Å²) in [5, 5.41) is 19.7. The first-order valence-corrected chi connectivity index (χ1v) is 5.85. The highest BCUT2D eigenvalue weighted by Crippen LogP contribution is 2.31. The number of carbonyl (C=O) groups is 1. The van der Waals surface area contributed by atoms with Gasteiger partial charge in [-0.15, -0.1) is 0 Å². The first kappa shape index (κ1) is 14.4. The minimum absolute atomic E-state index is 0.102. The number of carboxylic acids is 1. The average Bonchev–Trinajstić information content (AvgIpc) is 2.40. The van der Waals surface area contributed by atoms with E-state index in [0.29, 0.717) is 5.56 Å². The fourth-order valence-corrected chi connectivity index (χ4v) is 1.80. The third kappa shape index (κ3) is 2.97. The number of aryl methyl sites for hydroxylation is 1. The van der Waals surface area contributed by atoms with Crippen LogP contribution in [0.2, 0.25) is 0 Å². The number of benzene rings is 2. The molecule has 0 spiro atoms. The van der Waals surface area contributed by atoms with Gasteiger partial charge in [0.25, 0.3) is 5.69 Å². The molecule has 108 valence electrons. The average molecular weight is 291 g/mol. The lowest BCUT2D eigenvalue weighted by Gasteiger charge is -2.10. The molecule has 2 rings (SSSR count). The van der Waals surface area contributed by atoms with Gasteiger partial charge in [-0.2, -0.15) is 0 Å². The van der Waals surface area contributed by atoms with E-state index in [1.807, 2.05) is 0 Å². The van der Waals surface area contributed by atoms with Crippen LogP contribution in [0.4, 0.5) is 10.1 Å². The number of hydrogen-bond donors (Lipinski definition) is 1. The lowest BCUT2D eigenvalue weighted by Crippen LogP contribution is -2.02. The number of halogens is 1. The number of rotatable bonds is 4. The summed E-state index contributed by atoms with van der Waals surface area (Å²) in [6.45, 7) is 1.50. The van der Waals surface area contributed by atoms with Gasteiger partial charge in [-0.05, 0) is 31.2 Å². The molecular weight excluding hydrogens is 281 g/mol. The van der Waals surface area contributed by atoms with Crippen molar-refractivity contribution >= 4 is 11.7 Å². The third-order valence-corrected chi connectivity index (χ3v) is 2.78. The number of aromatic carboxylic acids is 1. The van der Waals surface area contributed by atoms with Crippen molar-refractivity contribution < 1.29 is 24.0 Å². The van der Waals surface area contributed by atoms with Gasteiger partial charge in [0.2, 0.25) is 0 Å². The molecule has 21 heavy (non-hydrogen) atoms. The summed E-state index contributed by atoms with van der Waals surface area (Å²) in [4.78, 5) is 21.2. The van der Waals surface area contributed by atoms with E-state index in [-0.39, 0.29) is 17.0 Å². The largest absolute Gasteiger partial charge is 0.478 e. The van der Waals surface area contributed by atoms with E-state index in [1.165, 1.54) is 37.3 Å². The van der Waals surface area contributed by atoms with Gasteiger partial charge in [0, 0.05) is 11.6 Å². The second-order valence-electron chi connectivity index (χ2n) is 4.23. The molecule has 0 amide bonds. The first-order chi connectivity index (χ1) is 9.90. The zero-order valence-electron chi connectivity index (χ0n) is 10.9. The topological polar surface area (TPSA) is 89.7 Å². The maximum absolute atomic E-state index is 13.7. The van der Waals surface area contributed by atoms with Crippen molar-refractivity contribution in [3.8, 4) is 11.5 Å². The minimum Gasteiger partial charge on any atom is -0.478 e. The Balaban J connectivity index is 2.41. The van der Waals surface area contributed by atoms with Crippen LogP contribution in [0.15, 0.2) is 36.4 Å². The Labute approximate surface area is 118 Å². The predicted molar refractivity (Wildman–Crippen MR) is 71.3 cm³/mol. The Morgan fingerprint density at radius 1 is 1.33 bits per heavy atom. The minimum atomic E-state index is -1.33. The molecule has 7 heteroatoms. The Morgan fingerprint density at radius 2 is 2.05 bits per heavy atom. The number of nitrogens with zero attached hydrogens (tertiary/aromatic N) is 1. The standard InChI is InChI=1S/C14H10FNO5/c1-8-7-9(5-6-12(8)16(19)20)21-13-10(14(17)18)3-2-4-11(13)15/h2-7H,1H3,(H,17,18). The first-order valence-electron chi connectivity index (χ1n) is 5.85. The van der Waals surface area contributed by atoms with Crippen molar-refractivity contribution in [1.29, 1.82) is 0 Å². The maximum Gasteiger partial charge on any atom is 0.339 e. The molecule has 1 N–H and O–H groups in total. The molecule has 0 saturated heterocycles. The Morgan fingerprint density at radius 3 is 2.62 bits per heavy atom. The summed E-state index contributed by atoms with van der Waals surface area (Å²) in [7, 11) is 0. The Bertz CT molecular complexity index is 729. The zero-order valence-corrected chi connectivity index (χ0v) is 10.9. The molecule has 0 aliphatic carbocycles. The predicted octanol–water partition coefficient (Wildman–Crippen LogP) is 3.53. The van der Waals surface area contributed by atoms with Crippen LogP contribution in [0, 0.1) is 22.9 Å². The van der Waals surface area contributed by atoms with Gasteiger partial charge in [0.05, 0.1) is 4.92 Å². The molecule has 0 saturated carbocycles. The van der Waals surface area contributed by atoms with Gasteiger partial charge in [-0.1, -0.05) is 6.07 Å².